The Labute approximate surface area is 133 Å². The van der Waals surface area contributed by atoms with Crippen molar-refractivity contribution in [3.63, 3.8) is 0 Å². The van der Waals surface area contributed by atoms with Crippen LogP contribution in [0, 0.1) is 6.92 Å². The summed E-state index contributed by atoms with van der Waals surface area (Å²) in [4.78, 5) is 10.5. The number of rotatable bonds is 3. The van der Waals surface area contributed by atoms with Crippen LogP contribution in [0.1, 0.15) is 5.56 Å². The Morgan fingerprint density at radius 1 is 1.27 bits per heavy atom. The zero-order chi connectivity index (χ0) is 15.5. The predicted molar refractivity (Wildman–Crippen MR) is 85.7 cm³/mol. The summed E-state index contributed by atoms with van der Waals surface area (Å²) >= 11 is 6.02. The summed E-state index contributed by atoms with van der Waals surface area (Å²) in [6, 6.07) is 5.41. The highest BCUT2D eigenvalue weighted by Gasteiger charge is 2.18. The van der Waals surface area contributed by atoms with Gasteiger partial charge >= 0.3 is 0 Å². The minimum Gasteiger partial charge on any atom is -0.437 e. The lowest BCUT2D eigenvalue weighted by Crippen LogP contribution is -2.37. The molecular weight excluding hydrogens is 304 g/mol. The van der Waals surface area contributed by atoms with Gasteiger partial charge in [-0.25, -0.2) is 4.98 Å². The fraction of sp³-hybridized carbons (Fsp3) is 0.333. The maximum absolute atomic E-state index is 6.17. The fourth-order valence-corrected chi connectivity index (χ4v) is 2.39. The van der Waals surface area contributed by atoms with E-state index in [4.69, 9.17) is 26.8 Å². The van der Waals surface area contributed by atoms with Gasteiger partial charge in [0.1, 0.15) is 17.8 Å². The number of aryl methyl sites for hydroxylation is 1. The van der Waals surface area contributed by atoms with E-state index in [1.54, 1.807) is 12.1 Å². The summed E-state index contributed by atoms with van der Waals surface area (Å²) in [5, 5.41) is 0.692. The molecule has 1 saturated heterocycles. The van der Waals surface area contributed by atoms with Gasteiger partial charge in [-0.2, -0.15) is 4.98 Å². The third-order valence-corrected chi connectivity index (χ3v) is 3.90. The number of nitrogens with zero attached hydrogens (tertiary/aromatic N) is 3. The van der Waals surface area contributed by atoms with Gasteiger partial charge < -0.3 is 20.1 Å². The van der Waals surface area contributed by atoms with Gasteiger partial charge in [-0.15, -0.1) is 0 Å². The van der Waals surface area contributed by atoms with Crippen molar-refractivity contribution in [1.82, 2.24) is 9.97 Å². The lowest BCUT2D eigenvalue weighted by molar-refractivity contribution is 0.122. The lowest BCUT2D eigenvalue weighted by atomic mass is 10.2. The summed E-state index contributed by atoms with van der Waals surface area (Å²) in [5.41, 5.74) is 7.53. The van der Waals surface area contributed by atoms with Crippen LogP contribution in [0.4, 0.5) is 11.5 Å². The minimum atomic E-state index is 0.346. The van der Waals surface area contributed by atoms with Crippen molar-refractivity contribution >= 4 is 23.1 Å². The van der Waals surface area contributed by atoms with Gasteiger partial charge in [0, 0.05) is 18.1 Å². The second kappa shape index (κ2) is 6.37. The zero-order valence-electron chi connectivity index (χ0n) is 12.3. The maximum Gasteiger partial charge on any atom is 0.248 e. The first-order valence-electron chi connectivity index (χ1n) is 7.02. The number of hydrogen-bond acceptors (Lipinski definition) is 6. The Bertz CT molecular complexity index is 675. The van der Waals surface area contributed by atoms with Crippen molar-refractivity contribution in [3.8, 4) is 11.6 Å². The van der Waals surface area contributed by atoms with Crippen molar-refractivity contribution in [2.24, 2.45) is 0 Å². The molecule has 0 radical (unpaired) electrons. The molecule has 2 heterocycles. The molecule has 0 unspecified atom stereocenters. The van der Waals surface area contributed by atoms with E-state index in [1.165, 1.54) is 6.33 Å². The molecule has 1 fully saturated rings. The third-order valence-electron chi connectivity index (χ3n) is 3.48. The number of morpholine rings is 1. The summed E-state index contributed by atoms with van der Waals surface area (Å²) in [6.07, 6.45) is 1.46. The number of nitrogen functional groups attached to an aromatic ring is 1. The molecule has 1 aromatic carbocycles. The molecule has 7 heteroatoms. The second-order valence-corrected chi connectivity index (χ2v) is 5.44. The molecule has 0 aliphatic carbocycles. The number of aromatic nitrogens is 2. The molecule has 0 atom stereocenters. The van der Waals surface area contributed by atoms with Gasteiger partial charge in [-0.3, -0.25) is 0 Å². The van der Waals surface area contributed by atoms with E-state index in [9.17, 15) is 0 Å². The molecule has 22 heavy (non-hydrogen) atoms. The highest BCUT2D eigenvalue weighted by Crippen LogP contribution is 2.32. The van der Waals surface area contributed by atoms with Gasteiger partial charge in [-0.1, -0.05) is 11.6 Å². The highest BCUT2D eigenvalue weighted by molar-refractivity contribution is 6.31. The van der Waals surface area contributed by atoms with Gasteiger partial charge in [-0.05, 0) is 30.7 Å². The normalized spacial score (nSPS) is 14.9. The number of benzene rings is 1. The van der Waals surface area contributed by atoms with Crippen molar-refractivity contribution in [3.05, 3.63) is 35.1 Å². The average Bonchev–Trinajstić information content (AvgIpc) is 2.54. The molecule has 3 rings (SSSR count). The van der Waals surface area contributed by atoms with E-state index in [0.717, 1.165) is 18.7 Å². The van der Waals surface area contributed by atoms with Gasteiger partial charge in [0.15, 0.2) is 5.82 Å². The van der Waals surface area contributed by atoms with Crippen LogP contribution in [0.25, 0.3) is 0 Å². The molecule has 1 aliphatic rings. The van der Waals surface area contributed by atoms with Crippen molar-refractivity contribution < 1.29 is 9.47 Å². The first-order chi connectivity index (χ1) is 10.6. The van der Waals surface area contributed by atoms with Crippen LogP contribution in [-0.4, -0.2) is 36.3 Å². The highest BCUT2D eigenvalue weighted by atomic mass is 35.5. The quantitative estimate of drug-likeness (QED) is 0.937. The van der Waals surface area contributed by atoms with Crippen LogP contribution in [0.5, 0.6) is 11.6 Å². The first kappa shape index (κ1) is 14.9. The average molecular weight is 321 g/mol. The summed E-state index contributed by atoms with van der Waals surface area (Å²) < 4.78 is 11.1. The van der Waals surface area contributed by atoms with E-state index >= 15 is 0 Å². The van der Waals surface area contributed by atoms with Crippen molar-refractivity contribution in [2.45, 2.75) is 6.92 Å². The zero-order valence-corrected chi connectivity index (χ0v) is 13.0. The standard InChI is InChI=1S/C15H17ClN4O2/c1-10-8-11(2-3-12(10)16)22-15-13(17)14(18-9-19-15)20-4-6-21-7-5-20/h2-3,8-9H,4-7,17H2,1H3. The molecule has 1 aromatic heterocycles. The van der Waals surface area contributed by atoms with Crippen LogP contribution in [0.2, 0.25) is 5.02 Å². The SMILES string of the molecule is Cc1cc(Oc2ncnc(N3CCOCC3)c2N)ccc1Cl. The molecule has 0 bridgehead atoms. The largest absolute Gasteiger partial charge is 0.437 e. The number of anilines is 2. The number of ether oxygens (including phenoxy) is 2. The van der Waals surface area contributed by atoms with Crippen LogP contribution in [0.3, 0.4) is 0 Å². The van der Waals surface area contributed by atoms with Crippen LogP contribution in [-0.2, 0) is 4.74 Å². The first-order valence-corrected chi connectivity index (χ1v) is 7.40. The van der Waals surface area contributed by atoms with Gasteiger partial charge in [0.25, 0.3) is 0 Å². The van der Waals surface area contributed by atoms with E-state index in [-0.39, 0.29) is 0 Å². The minimum absolute atomic E-state index is 0.346. The van der Waals surface area contributed by atoms with Crippen LogP contribution >= 0.6 is 11.6 Å². The summed E-state index contributed by atoms with van der Waals surface area (Å²) in [5.74, 6) is 1.66. The molecule has 6 nitrogen and oxygen atoms in total. The van der Waals surface area contributed by atoms with Gasteiger partial charge in [0.2, 0.25) is 5.88 Å². The van der Waals surface area contributed by atoms with Crippen molar-refractivity contribution in [1.29, 1.82) is 0 Å². The summed E-state index contributed by atoms with van der Waals surface area (Å²) in [6.45, 7) is 4.74. The number of nitrogens with two attached hydrogens (primary N) is 1. The molecule has 2 N–H and O–H groups in total. The van der Waals surface area contributed by atoms with E-state index < -0.39 is 0 Å². The van der Waals surface area contributed by atoms with Crippen LogP contribution in [0.15, 0.2) is 24.5 Å². The summed E-state index contributed by atoms with van der Waals surface area (Å²) in [7, 11) is 0. The Hall–Kier alpha value is -2.05. The fourth-order valence-electron chi connectivity index (χ4n) is 2.27. The smallest absolute Gasteiger partial charge is 0.248 e. The van der Waals surface area contributed by atoms with E-state index in [2.05, 4.69) is 14.9 Å². The topological polar surface area (TPSA) is 73.5 Å². The molecule has 0 saturated carbocycles. The number of halogens is 1. The number of hydrogen-bond donors (Lipinski definition) is 1. The Morgan fingerprint density at radius 2 is 2.05 bits per heavy atom. The molecule has 2 aromatic rings. The molecule has 0 amide bonds. The Morgan fingerprint density at radius 3 is 2.77 bits per heavy atom. The molecular formula is C15H17ClN4O2. The molecule has 1 aliphatic heterocycles. The van der Waals surface area contributed by atoms with E-state index in [1.807, 2.05) is 13.0 Å². The molecule has 0 spiro atoms. The predicted octanol–water partition coefficient (Wildman–Crippen LogP) is 2.65. The van der Waals surface area contributed by atoms with Crippen molar-refractivity contribution in [2.75, 3.05) is 36.9 Å². The second-order valence-electron chi connectivity index (χ2n) is 5.03. The third kappa shape index (κ3) is 3.08. The lowest BCUT2D eigenvalue weighted by Gasteiger charge is -2.28. The van der Waals surface area contributed by atoms with Crippen LogP contribution < -0.4 is 15.4 Å². The van der Waals surface area contributed by atoms with E-state index in [0.29, 0.717) is 41.4 Å². The Balaban J connectivity index is 1.86. The molecule has 116 valence electrons. The maximum atomic E-state index is 6.17. The monoisotopic (exact) mass is 320 g/mol. The van der Waals surface area contributed by atoms with Gasteiger partial charge in [0.05, 0.1) is 13.2 Å². The Kier molecular flexibility index (Phi) is 4.31.